The molecule has 0 radical (unpaired) electrons. The highest BCUT2D eigenvalue weighted by atomic mass is 16.5. The van der Waals surface area contributed by atoms with Crippen molar-refractivity contribution in [3.63, 3.8) is 0 Å². The zero-order valence-corrected chi connectivity index (χ0v) is 10.2. The second-order valence-electron chi connectivity index (χ2n) is 3.38. The minimum Gasteiger partial charge on any atom is -0.495 e. The average Bonchev–Trinajstić information content (AvgIpc) is 2.35. The molecule has 5 nitrogen and oxygen atoms in total. The molecule has 1 aromatic carbocycles. The Kier molecular flexibility index (Phi) is 4.09. The van der Waals surface area contributed by atoms with E-state index < -0.39 is 11.9 Å². The first-order valence-electron chi connectivity index (χ1n) is 4.90. The summed E-state index contributed by atoms with van der Waals surface area (Å²) in [5.74, 6) is -0.958. The predicted octanol–water partition coefficient (Wildman–Crippen LogP) is 1.58. The molecule has 0 aliphatic heterocycles. The van der Waals surface area contributed by atoms with Crippen LogP contribution in [0, 0.1) is 6.92 Å². The molecule has 0 bridgehead atoms. The molecular formula is C12H14O5. The predicted molar refractivity (Wildman–Crippen MR) is 60.4 cm³/mol. The molecule has 17 heavy (non-hydrogen) atoms. The first kappa shape index (κ1) is 13.0. The van der Waals surface area contributed by atoms with Crippen LogP contribution < -0.4 is 4.74 Å². The van der Waals surface area contributed by atoms with E-state index in [-0.39, 0.29) is 16.9 Å². The maximum absolute atomic E-state index is 11.6. The van der Waals surface area contributed by atoms with Crippen molar-refractivity contribution in [1.82, 2.24) is 0 Å². The molecule has 1 rings (SSSR count). The lowest BCUT2D eigenvalue weighted by Gasteiger charge is -2.12. The second kappa shape index (κ2) is 5.34. The van der Waals surface area contributed by atoms with E-state index in [9.17, 15) is 9.59 Å². The lowest BCUT2D eigenvalue weighted by Crippen LogP contribution is -2.11. The third-order valence-electron chi connectivity index (χ3n) is 2.25. The van der Waals surface area contributed by atoms with E-state index in [1.165, 1.54) is 21.3 Å². The van der Waals surface area contributed by atoms with Gasteiger partial charge >= 0.3 is 11.9 Å². The summed E-state index contributed by atoms with van der Waals surface area (Å²) in [7, 11) is 3.91. The van der Waals surface area contributed by atoms with Crippen LogP contribution in [0.15, 0.2) is 12.1 Å². The number of esters is 2. The van der Waals surface area contributed by atoms with Gasteiger partial charge in [-0.3, -0.25) is 0 Å². The lowest BCUT2D eigenvalue weighted by atomic mass is 10.0. The molecule has 1 aromatic rings. The highest BCUT2D eigenvalue weighted by Crippen LogP contribution is 2.27. The summed E-state index contributed by atoms with van der Waals surface area (Å²) >= 11 is 0. The van der Waals surface area contributed by atoms with Gasteiger partial charge in [-0.2, -0.15) is 0 Å². The van der Waals surface area contributed by atoms with Gasteiger partial charge in [0.05, 0.1) is 21.3 Å². The summed E-state index contributed by atoms with van der Waals surface area (Å²) in [6, 6.07) is 3.19. The first-order chi connectivity index (χ1) is 8.04. The van der Waals surface area contributed by atoms with Gasteiger partial charge in [0, 0.05) is 0 Å². The van der Waals surface area contributed by atoms with E-state index in [0.29, 0.717) is 0 Å². The molecule has 92 valence electrons. The van der Waals surface area contributed by atoms with Crippen molar-refractivity contribution in [3.05, 3.63) is 28.8 Å². The van der Waals surface area contributed by atoms with Crippen LogP contribution in [0.25, 0.3) is 0 Å². The van der Waals surface area contributed by atoms with Crippen LogP contribution in [0.3, 0.4) is 0 Å². The summed E-state index contributed by atoms with van der Waals surface area (Å²) in [5.41, 5.74) is 1.15. The molecule has 0 fully saturated rings. The normalized spacial score (nSPS) is 9.65. The number of carbonyl (C=O) groups is 2. The lowest BCUT2D eigenvalue weighted by molar-refractivity contribution is 0.0591. The summed E-state index contributed by atoms with van der Waals surface area (Å²) < 4.78 is 14.3. The number of aryl methyl sites for hydroxylation is 1. The van der Waals surface area contributed by atoms with Crippen LogP contribution in [-0.4, -0.2) is 33.3 Å². The van der Waals surface area contributed by atoms with Crippen molar-refractivity contribution in [3.8, 4) is 5.75 Å². The third-order valence-corrected chi connectivity index (χ3v) is 2.25. The summed E-state index contributed by atoms with van der Waals surface area (Å²) in [5, 5.41) is 0. The Morgan fingerprint density at radius 3 is 1.65 bits per heavy atom. The number of methoxy groups -OCH3 is 3. The molecule has 0 heterocycles. The van der Waals surface area contributed by atoms with Crippen molar-refractivity contribution in [1.29, 1.82) is 0 Å². The maximum atomic E-state index is 11.6. The zero-order valence-electron chi connectivity index (χ0n) is 10.2. The summed E-state index contributed by atoms with van der Waals surface area (Å²) in [4.78, 5) is 23.1. The number of ether oxygens (including phenoxy) is 3. The Morgan fingerprint density at radius 2 is 1.35 bits per heavy atom. The van der Waals surface area contributed by atoms with Gasteiger partial charge in [0.15, 0.2) is 0 Å². The van der Waals surface area contributed by atoms with Crippen molar-refractivity contribution in [2.45, 2.75) is 6.92 Å². The SMILES string of the molecule is COC(=O)c1cc(C)cc(C(=O)OC)c1OC. The molecule has 0 aliphatic carbocycles. The Morgan fingerprint density at radius 1 is 0.941 bits per heavy atom. The van der Waals surface area contributed by atoms with Crippen molar-refractivity contribution < 1.29 is 23.8 Å². The Labute approximate surface area is 99.3 Å². The van der Waals surface area contributed by atoms with Crippen molar-refractivity contribution in [2.75, 3.05) is 21.3 Å². The maximum Gasteiger partial charge on any atom is 0.341 e. The van der Waals surface area contributed by atoms with Gasteiger partial charge in [0.1, 0.15) is 16.9 Å². The topological polar surface area (TPSA) is 61.8 Å². The highest BCUT2D eigenvalue weighted by Gasteiger charge is 2.21. The standard InChI is InChI=1S/C12H14O5/c1-7-5-8(11(13)16-3)10(15-2)9(6-7)12(14)17-4/h5-6H,1-4H3. The molecule has 0 saturated heterocycles. The summed E-state index contributed by atoms with van der Waals surface area (Å²) in [6.07, 6.45) is 0. The van der Waals surface area contributed by atoms with Crippen LogP contribution in [0.1, 0.15) is 26.3 Å². The van der Waals surface area contributed by atoms with E-state index in [4.69, 9.17) is 4.74 Å². The van der Waals surface area contributed by atoms with Gasteiger partial charge in [-0.15, -0.1) is 0 Å². The fraction of sp³-hybridized carbons (Fsp3) is 0.333. The van der Waals surface area contributed by atoms with Crippen molar-refractivity contribution in [2.24, 2.45) is 0 Å². The summed E-state index contributed by atoms with van der Waals surface area (Å²) in [6.45, 7) is 1.76. The quantitative estimate of drug-likeness (QED) is 0.748. The second-order valence-corrected chi connectivity index (χ2v) is 3.38. The molecule has 0 atom stereocenters. The molecule has 0 amide bonds. The average molecular weight is 238 g/mol. The smallest absolute Gasteiger partial charge is 0.341 e. The molecule has 5 heteroatoms. The minimum absolute atomic E-state index is 0.161. The van der Waals surface area contributed by atoms with Crippen LogP contribution >= 0.6 is 0 Å². The van der Waals surface area contributed by atoms with E-state index in [2.05, 4.69) is 9.47 Å². The number of hydrogen-bond acceptors (Lipinski definition) is 5. The molecular weight excluding hydrogens is 224 g/mol. The Hall–Kier alpha value is -2.04. The Balaban J connectivity index is 3.45. The number of carbonyl (C=O) groups excluding carboxylic acids is 2. The molecule has 0 aromatic heterocycles. The fourth-order valence-corrected chi connectivity index (χ4v) is 1.52. The Bertz CT molecular complexity index is 413. The largest absolute Gasteiger partial charge is 0.495 e. The van der Waals surface area contributed by atoms with Gasteiger partial charge in [0.2, 0.25) is 0 Å². The van der Waals surface area contributed by atoms with Gasteiger partial charge in [-0.05, 0) is 24.6 Å². The molecule has 0 N–H and O–H groups in total. The van der Waals surface area contributed by atoms with Crippen LogP contribution in [0.2, 0.25) is 0 Å². The van der Waals surface area contributed by atoms with Gasteiger partial charge < -0.3 is 14.2 Å². The monoisotopic (exact) mass is 238 g/mol. The molecule has 0 unspecified atom stereocenters. The van der Waals surface area contributed by atoms with E-state index in [0.717, 1.165) is 5.56 Å². The van der Waals surface area contributed by atoms with Crippen LogP contribution in [0.5, 0.6) is 5.75 Å². The van der Waals surface area contributed by atoms with Crippen LogP contribution in [-0.2, 0) is 9.47 Å². The highest BCUT2D eigenvalue weighted by molar-refractivity contribution is 6.00. The number of benzene rings is 1. The van der Waals surface area contributed by atoms with Gasteiger partial charge in [0.25, 0.3) is 0 Å². The van der Waals surface area contributed by atoms with Gasteiger partial charge in [-0.1, -0.05) is 0 Å². The fourth-order valence-electron chi connectivity index (χ4n) is 1.52. The van der Waals surface area contributed by atoms with Gasteiger partial charge in [-0.25, -0.2) is 9.59 Å². The molecule has 0 spiro atoms. The van der Waals surface area contributed by atoms with E-state index in [1.807, 2.05) is 0 Å². The molecule has 0 aliphatic rings. The zero-order chi connectivity index (χ0) is 13.0. The van der Waals surface area contributed by atoms with E-state index >= 15 is 0 Å². The van der Waals surface area contributed by atoms with Crippen molar-refractivity contribution >= 4 is 11.9 Å². The molecule has 0 saturated carbocycles. The number of hydrogen-bond donors (Lipinski definition) is 0. The first-order valence-corrected chi connectivity index (χ1v) is 4.90. The van der Waals surface area contributed by atoms with E-state index in [1.54, 1.807) is 19.1 Å². The van der Waals surface area contributed by atoms with Crippen LogP contribution in [0.4, 0.5) is 0 Å². The minimum atomic E-state index is -0.560. The third kappa shape index (κ3) is 2.55. The number of rotatable bonds is 3.